The number of hydrogen-bond acceptors (Lipinski definition) is 3. The fourth-order valence-electron chi connectivity index (χ4n) is 1.11. The van der Waals surface area contributed by atoms with E-state index in [1.807, 2.05) is 13.8 Å². The predicted molar refractivity (Wildman–Crippen MR) is 59.0 cm³/mol. The average Bonchev–Trinajstić information content (AvgIpc) is 2.20. The van der Waals surface area contributed by atoms with Crippen LogP contribution in [0.2, 0.25) is 0 Å². The predicted octanol–water partition coefficient (Wildman–Crippen LogP) is 2.87. The van der Waals surface area contributed by atoms with Crippen molar-refractivity contribution in [2.75, 3.05) is 5.32 Å². The minimum atomic E-state index is -0.586. The minimum absolute atomic E-state index is 0.323. The van der Waals surface area contributed by atoms with Gasteiger partial charge in [-0.3, -0.25) is 0 Å². The Morgan fingerprint density at radius 1 is 1.40 bits per heavy atom. The second kappa shape index (κ2) is 4.29. The van der Waals surface area contributed by atoms with E-state index in [9.17, 15) is 4.39 Å². The van der Waals surface area contributed by atoms with E-state index in [1.54, 1.807) is 25.1 Å². The molecule has 82 valence electrons. The zero-order chi connectivity index (χ0) is 11.5. The first-order valence-electron chi connectivity index (χ1n) is 4.69. The van der Waals surface area contributed by atoms with Gasteiger partial charge in [-0.2, -0.15) is 0 Å². The average molecular weight is 210 g/mol. The lowest BCUT2D eigenvalue weighted by molar-refractivity contribution is 0.314. The molecule has 0 atom stereocenters. The van der Waals surface area contributed by atoms with Gasteiger partial charge >= 0.3 is 0 Å². The molecule has 1 aromatic carbocycles. The van der Waals surface area contributed by atoms with Crippen LogP contribution < -0.4 is 5.32 Å². The summed E-state index contributed by atoms with van der Waals surface area (Å²) in [7, 11) is 0. The van der Waals surface area contributed by atoms with E-state index in [4.69, 9.17) is 5.21 Å². The first-order valence-corrected chi connectivity index (χ1v) is 4.69. The summed E-state index contributed by atoms with van der Waals surface area (Å²) < 4.78 is 13.3. The van der Waals surface area contributed by atoms with Crippen LogP contribution in [0.4, 0.5) is 10.1 Å². The molecule has 0 amide bonds. The minimum Gasteiger partial charge on any atom is -0.411 e. The van der Waals surface area contributed by atoms with Gasteiger partial charge in [-0.1, -0.05) is 17.3 Å². The van der Waals surface area contributed by atoms with Crippen LogP contribution in [0.25, 0.3) is 0 Å². The highest BCUT2D eigenvalue weighted by Gasteiger charge is 2.22. The smallest absolute Gasteiger partial charge is 0.146 e. The van der Waals surface area contributed by atoms with Crippen LogP contribution in [0.5, 0.6) is 0 Å². The van der Waals surface area contributed by atoms with E-state index in [-0.39, 0.29) is 5.82 Å². The molecule has 0 aromatic heterocycles. The summed E-state index contributed by atoms with van der Waals surface area (Å²) in [6.07, 6.45) is 0. The number of halogens is 1. The molecule has 0 saturated heterocycles. The molecular formula is C11H15FN2O. The fourth-order valence-corrected chi connectivity index (χ4v) is 1.11. The van der Waals surface area contributed by atoms with E-state index in [0.717, 1.165) is 0 Å². The standard InChI is InChI=1S/C11H15FN2O/c1-8(14-15)11(2,3)13-10-7-5-4-6-9(10)12/h4-7,13,15H,1-3H3/b14-8-. The van der Waals surface area contributed by atoms with Gasteiger partial charge in [-0.25, -0.2) is 4.39 Å². The third-order valence-electron chi connectivity index (χ3n) is 2.38. The normalized spacial score (nSPS) is 12.7. The number of nitrogens with zero attached hydrogens (tertiary/aromatic N) is 1. The van der Waals surface area contributed by atoms with Crippen molar-refractivity contribution in [2.45, 2.75) is 26.3 Å². The molecule has 0 aliphatic heterocycles. The molecule has 0 aliphatic carbocycles. The Labute approximate surface area is 88.6 Å². The van der Waals surface area contributed by atoms with Gasteiger partial charge in [-0.05, 0) is 32.9 Å². The van der Waals surface area contributed by atoms with Gasteiger partial charge in [0.25, 0.3) is 0 Å². The number of nitrogens with one attached hydrogen (secondary N) is 1. The van der Waals surface area contributed by atoms with Crippen LogP contribution in [0.1, 0.15) is 20.8 Å². The molecule has 0 heterocycles. The number of rotatable bonds is 3. The molecule has 0 saturated carbocycles. The van der Waals surface area contributed by atoms with Crippen LogP contribution in [-0.4, -0.2) is 16.5 Å². The van der Waals surface area contributed by atoms with Crippen molar-refractivity contribution in [3.05, 3.63) is 30.1 Å². The van der Waals surface area contributed by atoms with E-state index in [2.05, 4.69) is 10.5 Å². The highest BCUT2D eigenvalue weighted by atomic mass is 19.1. The van der Waals surface area contributed by atoms with Gasteiger partial charge in [0, 0.05) is 0 Å². The SMILES string of the molecule is C/C(=N/O)C(C)(C)Nc1ccccc1F. The van der Waals surface area contributed by atoms with Gasteiger partial charge in [0.05, 0.1) is 16.9 Å². The summed E-state index contributed by atoms with van der Waals surface area (Å²) in [5.74, 6) is -0.323. The van der Waals surface area contributed by atoms with Crippen LogP contribution >= 0.6 is 0 Å². The molecule has 0 bridgehead atoms. The third kappa shape index (κ3) is 2.68. The maximum Gasteiger partial charge on any atom is 0.146 e. The maximum absolute atomic E-state index is 13.3. The largest absolute Gasteiger partial charge is 0.411 e. The summed E-state index contributed by atoms with van der Waals surface area (Å²) in [5, 5.41) is 14.8. The van der Waals surface area contributed by atoms with Crippen LogP contribution in [-0.2, 0) is 0 Å². The maximum atomic E-state index is 13.3. The third-order valence-corrected chi connectivity index (χ3v) is 2.38. The Hall–Kier alpha value is -1.58. The van der Waals surface area contributed by atoms with Crippen LogP contribution in [0.3, 0.4) is 0 Å². The summed E-state index contributed by atoms with van der Waals surface area (Å²) in [4.78, 5) is 0. The van der Waals surface area contributed by atoms with Crippen molar-refractivity contribution in [1.29, 1.82) is 0 Å². The fraction of sp³-hybridized carbons (Fsp3) is 0.364. The van der Waals surface area contributed by atoms with Crippen molar-refractivity contribution in [2.24, 2.45) is 5.16 Å². The van der Waals surface area contributed by atoms with Gasteiger partial charge in [0.1, 0.15) is 5.82 Å². The topological polar surface area (TPSA) is 44.6 Å². The molecule has 2 N–H and O–H groups in total. The van der Waals surface area contributed by atoms with Crippen molar-refractivity contribution >= 4 is 11.4 Å². The Bertz CT molecular complexity index is 375. The molecule has 4 heteroatoms. The highest BCUT2D eigenvalue weighted by molar-refractivity contribution is 5.92. The number of oxime groups is 1. The molecule has 0 spiro atoms. The first kappa shape index (κ1) is 11.5. The molecule has 3 nitrogen and oxygen atoms in total. The summed E-state index contributed by atoms with van der Waals surface area (Å²) in [6, 6.07) is 6.39. The Morgan fingerprint density at radius 2 is 2.00 bits per heavy atom. The van der Waals surface area contributed by atoms with Gasteiger partial charge in [0.2, 0.25) is 0 Å². The number of hydrogen-bond donors (Lipinski definition) is 2. The summed E-state index contributed by atoms with van der Waals surface area (Å²) in [6.45, 7) is 5.30. The highest BCUT2D eigenvalue weighted by Crippen LogP contribution is 2.19. The second-order valence-corrected chi connectivity index (χ2v) is 3.92. The molecular weight excluding hydrogens is 195 g/mol. The van der Waals surface area contributed by atoms with Crippen LogP contribution in [0, 0.1) is 5.82 Å². The van der Waals surface area contributed by atoms with Crippen LogP contribution in [0.15, 0.2) is 29.4 Å². The number of benzene rings is 1. The van der Waals surface area contributed by atoms with E-state index in [1.165, 1.54) is 6.07 Å². The van der Waals surface area contributed by atoms with Crippen molar-refractivity contribution in [3.63, 3.8) is 0 Å². The van der Waals surface area contributed by atoms with Gasteiger partial charge < -0.3 is 10.5 Å². The summed E-state index contributed by atoms with van der Waals surface area (Å²) >= 11 is 0. The zero-order valence-electron chi connectivity index (χ0n) is 9.08. The summed E-state index contributed by atoms with van der Waals surface area (Å²) in [5.41, 5.74) is 0.299. The van der Waals surface area contributed by atoms with Gasteiger partial charge in [-0.15, -0.1) is 0 Å². The lowest BCUT2D eigenvalue weighted by Crippen LogP contribution is -2.38. The monoisotopic (exact) mass is 210 g/mol. The lowest BCUT2D eigenvalue weighted by atomic mass is 9.99. The molecule has 15 heavy (non-hydrogen) atoms. The Kier molecular flexibility index (Phi) is 3.29. The second-order valence-electron chi connectivity index (χ2n) is 3.92. The van der Waals surface area contributed by atoms with Crippen molar-refractivity contribution < 1.29 is 9.60 Å². The molecule has 1 aromatic rings. The number of anilines is 1. The molecule has 0 radical (unpaired) electrons. The van der Waals surface area contributed by atoms with Crippen molar-refractivity contribution in [3.8, 4) is 0 Å². The van der Waals surface area contributed by atoms with E-state index in [0.29, 0.717) is 11.4 Å². The Morgan fingerprint density at radius 3 is 2.53 bits per heavy atom. The molecule has 0 fully saturated rings. The first-order chi connectivity index (χ1) is 6.97. The molecule has 0 aliphatic rings. The van der Waals surface area contributed by atoms with E-state index < -0.39 is 5.54 Å². The van der Waals surface area contributed by atoms with E-state index >= 15 is 0 Å². The van der Waals surface area contributed by atoms with Crippen molar-refractivity contribution in [1.82, 2.24) is 0 Å². The number of para-hydroxylation sites is 1. The molecule has 1 rings (SSSR count). The zero-order valence-corrected chi connectivity index (χ0v) is 9.08. The van der Waals surface area contributed by atoms with Gasteiger partial charge in [0.15, 0.2) is 0 Å². The Balaban J connectivity index is 2.91. The quantitative estimate of drug-likeness (QED) is 0.457. The lowest BCUT2D eigenvalue weighted by Gasteiger charge is -2.26. The molecule has 0 unspecified atom stereocenters.